The number of nitrogens with zero attached hydrogens (tertiary/aromatic N) is 3. The number of aryl methyl sites for hydroxylation is 1. The van der Waals surface area contributed by atoms with Gasteiger partial charge in [-0.15, -0.1) is 0 Å². The zero-order chi connectivity index (χ0) is 19.6. The quantitative estimate of drug-likeness (QED) is 0.392. The fourth-order valence-corrected chi connectivity index (χ4v) is 3.91. The minimum Gasteiger partial charge on any atom is -0.234 e. The molecule has 0 radical (unpaired) electrons. The molecule has 0 amide bonds. The molecule has 140 valence electrons. The predicted octanol–water partition coefficient (Wildman–Crippen LogP) is 5.88. The Morgan fingerprint density at radius 2 is 1.24 bits per heavy atom. The van der Waals surface area contributed by atoms with Gasteiger partial charge in [0.1, 0.15) is 0 Å². The lowest BCUT2D eigenvalue weighted by molar-refractivity contribution is 0.801. The largest absolute Gasteiger partial charge is 0.234 e. The SMILES string of the molecule is Cc1cc(C(c2ccccc2)c2ccccc2)n2nc(-c3ccccc3)cc2n1. The molecule has 0 bridgehead atoms. The second-order valence-electron chi connectivity index (χ2n) is 7.24. The van der Waals surface area contributed by atoms with Gasteiger partial charge in [-0.05, 0) is 24.1 Å². The van der Waals surface area contributed by atoms with E-state index in [1.54, 1.807) is 0 Å². The van der Waals surface area contributed by atoms with Crippen LogP contribution in [-0.2, 0) is 0 Å². The highest BCUT2D eigenvalue weighted by atomic mass is 15.3. The van der Waals surface area contributed by atoms with Crippen LogP contribution in [-0.4, -0.2) is 14.6 Å². The maximum Gasteiger partial charge on any atom is 0.156 e. The lowest BCUT2D eigenvalue weighted by Crippen LogP contribution is -2.11. The molecule has 3 aromatic carbocycles. The Morgan fingerprint density at radius 1 is 0.690 bits per heavy atom. The summed E-state index contributed by atoms with van der Waals surface area (Å²) in [4.78, 5) is 4.75. The van der Waals surface area contributed by atoms with E-state index in [4.69, 9.17) is 10.1 Å². The zero-order valence-electron chi connectivity index (χ0n) is 16.2. The van der Waals surface area contributed by atoms with E-state index in [0.717, 1.165) is 28.3 Å². The van der Waals surface area contributed by atoms with Crippen molar-refractivity contribution in [3.8, 4) is 11.3 Å². The van der Waals surface area contributed by atoms with Crippen molar-refractivity contribution in [2.75, 3.05) is 0 Å². The molecule has 29 heavy (non-hydrogen) atoms. The molecule has 0 fully saturated rings. The second-order valence-corrected chi connectivity index (χ2v) is 7.24. The fourth-order valence-electron chi connectivity index (χ4n) is 3.91. The normalized spacial score (nSPS) is 11.2. The summed E-state index contributed by atoms with van der Waals surface area (Å²) < 4.78 is 2.00. The van der Waals surface area contributed by atoms with Crippen LogP contribution >= 0.6 is 0 Å². The summed E-state index contributed by atoms with van der Waals surface area (Å²) in [7, 11) is 0. The van der Waals surface area contributed by atoms with Crippen LogP contribution in [0.4, 0.5) is 0 Å². The monoisotopic (exact) mass is 375 g/mol. The second kappa shape index (κ2) is 7.36. The summed E-state index contributed by atoms with van der Waals surface area (Å²) in [6, 6.07) is 35.7. The van der Waals surface area contributed by atoms with Crippen molar-refractivity contribution >= 4 is 5.65 Å². The van der Waals surface area contributed by atoms with Crippen molar-refractivity contribution in [1.29, 1.82) is 0 Å². The Bertz CT molecular complexity index is 1200. The van der Waals surface area contributed by atoms with E-state index in [9.17, 15) is 0 Å². The highest BCUT2D eigenvalue weighted by Gasteiger charge is 2.21. The van der Waals surface area contributed by atoms with Gasteiger partial charge >= 0.3 is 0 Å². The Hall–Kier alpha value is -3.72. The van der Waals surface area contributed by atoms with Crippen LogP contribution < -0.4 is 0 Å². The predicted molar refractivity (Wildman–Crippen MR) is 117 cm³/mol. The van der Waals surface area contributed by atoms with Gasteiger partial charge in [-0.1, -0.05) is 91.0 Å². The summed E-state index contributed by atoms with van der Waals surface area (Å²) in [5, 5.41) is 4.95. The van der Waals surface area contributed by atoms with Gasteiger partial charge in [-0.25, -0.2) is 9.50 Å². The maximum absolute atomic E-state index is 4.95. The van der Waals surface area contributed by atoms with Gasteiger partial charge in [0.25, 0.3) is 0 Å². The van der Waals surface area contributed by atoms with Crippen molar-refractivity contribution in [1.82, 2.24) is 14.6 Å². The summed E-state index contributed by atoms with van der Waals surface area (Å²) in [5.41, 5.74) is 7.48. The van der Waals surface area contributed by atoms with Gasteiger partial charge in [0.05, 0.1) is 17.3 Å². The smallest absolute Gasteiger partial charge is 0.156 e. The van der Waals surface area contributed by atoms with Crippen molar-refractivity contribution < 1.29 is 0 Å². The fraction of sp³-hybridized carbons (Fsp3) is 0.0769. The Labute approximate surface area is 170 Å². The number of hydrogen-bond donors (Lipinski definition) is 0. The molecular formula is C26H21N3. The standard InChI is InChI=1S/C26H21N3/c1-19-17-24(26(21-13-7-3-8-14-21)22-15-9-4-10-16-22)29-25(27-19)18-23(28-29)20-11-5-2-6-12-20/h2-18,26H,1H3. The van der Waals surface area contributed by atoms with Crippen molar-refractivity contribution in [3.63, 3.8) is 0 Å². The number of rotatable bonds is 4. The average Bonchev–Trinajstić information content (AvgIpc) is 3.20. The Morgan fingerprint density at radius 3 is 1.83 bits per heavy atom. The first-order valence-electron chi connectivity index (χ1n) is 9.82. The van der Waals surface area contributed by atoms with Crippen LogP contribution in [0.1, 0.15) is 28.4 Å². The van der Waals surface area contributed by atoms with Crippen LogP contribution in [0.15, 0.2) is 103 Å². The van der Waals surface area contributed by atoms with Crippen LogP contribution in [0, 0.1) is 6.92 Å². The van der Waals surface area contributed by atoms with E-state index in [1.165, 1.54) is 11.1 Å². The number of hydrogen-bond acceptors (Lipinski definition) is 2. The molecule has 0 N–H and O–H groups in total. The van der Waals surface area contributed by atoms with E-state index in [2.05, 4.69) is 84.9 Å². The molecule has 0 saturated carbocycles. The van der Waals surface area contributed by atoms with E-state index in [1.807, 2.05) is 29.6 Å². The van der Waals surface area contributed by atoms with E-state index < -0.39 is 0 Å². The Kier molecular flexibility index (Phi) is 4.41. The number of fused-ring (bicyclic) bond motifs is 1. The van der Waals surface area contributed by atoms with Crippen LogP contribution in [0.3, 0.4) is 0 Å². The highest BCUT2D eigenvalue weighted by Crippen LogP contribution is 2.33. The van der Waals surface area contributed by atoms with Gasteiger partial charge < -0.3 is 0 Å². The molecule has 3 heteroatoms. The van der Waals surface area contributed by atoms with Gasteiger partial charge in [0, 0.05) is 17.3 Å². The number of aromatic nitrogens is 3. The highest BCUT2D eigenvalue weighted by molar-refractivity contribution is 5.64. The minimum atomic E-state index is 0.0742. The molecule has 0 aliphatic rings. The molecule has 0 aliphatic carbocycles. The molecule has 5 aromatic rings. The Balaban J connectivity index is 1.76. The van der Waals surface area contributed by atoms with Crippen LogP contribution in [0.2, 0.25) is 0 Å². The summed E-state index contributed by atoms with van der Waals surface area (Å²) >= 11 is 0. The molecule has 0 aliphatic heterocycles. The van der Waals surface area contributed by atoms with Gasteiger partial charge in [-0.2, -0.15) is 5.10 Å². The van der Waals surface area contributed by atoms with Crippen molar-refractivity contribution in [2.24, 2.45) is 0 Å². The lowest BCUT2D eigenvalue weighted by atomic mass is 9.88. The zero-order valence-corrected chi connectivity index (χ0v) is 16.2. The first kappa shape index (κ1) is 17.4. The average molecular weight is 375 g/mol. The molecule has 0 saturated heterocycles. The molecule has 5 rings (SSSR count). The molecule has 2 aromatic heterocycles. The van der Waals surface area contributed by atoms with Crippen molar-refractivity contribution in [3.05, 3.63) is 126 Å². The minimum absolute atomic E-state index is 0.0742. The van der Waals surface area contributed by atoms with Crippen LogP contribution in [0.5, 0.6) is 0 Å². The van der Waals surface area contributed by atoms with Crippen LogP contribution in [0.25, 0.3) is 16.9 Å². The first-order chi connectivity index (χ1) is 14.3. The maximum atomic E-state index is 4.95. The lowest BCUT2D eigenvalue weighted by Gasteiger charge is -2.20. The molecule has 0 spiro atoms. The molecule has 2 heterocycles. The molecule has 0 atom stereocenters. The van der Waals surface area contributed by atoms with Gasteiger partial charge in [-0.3, -0.25) is 0 Å². The van der Waals surface area contributed by atoms with Gasteiger partial charge in [0.2, 0.25) is 0 Å². The first-order valence-corrected chi connectivity index (χ1v) is 9.82. The third-order valence-electron chi connectivity index (χ3n) is 5.21. The van der Waals surface area contributed by atoms with E-state index in [-0.39, 0.29) is 5.92 Å². The van der Waals surface area contributed by atoms with Gasteiger partial charge in [0.15, 0.2) is 5.65 Å². The van der Waals surface area contributed by atoms with E-state index >= 15 is 0 Å². The molecule has 3 nitrogen and oxygen atoms in total. The third kappa shape index (κ3) is 3.32. The number of benzene rings is 3. The van der Waals surface area contributed by atoms with Crippen molar-refractivity contribution in [2.45, 2.75) is 12.8 Å². The topological polar surface area (TPSA) is 30.2 Å². The molecular weight excluding hydrogens is 354 g/mol. The summed E-state index contributed by atoms with van der Waals surface area (Å²) in [5.74, 6) is 0.0742. The molecule has 0 unspecified atom stereocenters. The third-order valence-corrected chi connectivity index (χ3v) is 5.21. The summed E-state index contributed by atoms with van der Waals surface area (Å²) in [6.07, 6.45) is 0. The summed E-state index contributed by atoms with van der Waals surface area (Å²) in [6.45, 7) is 2.05. The van der Waals surface area contributed by atoms with E-state index in [0.29, 0.717) is 0 Å².